The van der Waals surface area contributed by atoms with Crippen LogP contribution in [0.3, 0.4) is 0 Å². The minimum absolute atomic E-state index is 0.214. The van der Waals surface area contributed by atoms with Gasteiger partial charge in [-0.3, -0.25) is 4.90 Å². The minimum atomic E-state index is 0.214. The summed E-state index contributed by atoms with van der Waals surface area (Å²) >= 11 is 6.35. The molecule has 26 heavy (non-hydrogen) atoms. The number of anilines is 1. The van der Waals surface area contributed by atoms with Crippen molar-refractivity contribution in [3.8, 4) is 0 Å². The zero-order valence-electron chi connectivity index (χ0n) is 15.4. The van der Waals surface area contributed by atoms with Gasteiger partial charge in [-0.2, -0.15) is 0 Å². The number of morpholine rings is 1. The zero-order chi connectivity index (χ0) is 18.1. The van der Waals surface area contributed by atoms with Crippen molar-refractivity contribution in [1.29, 1.82) is 0 Å². The Morgan fingerprint density at radius 2 is 2.00 bits per heavy atom. The van der Waals surface area contributed by atoms with Crippen LogP contribution < -0.4 is 4.90 Å². The van der Waals surface area contributed by atoms with Crippen molar-refractivity contribution >= 4 is 17.4 Å². The molecule has 1 aromatic heterocycles. The van der Waals surface area contributed by atoms with Crippen LogP contribution in [0.25, 0.3) is 0 Å². The number of benzene rings is 1. The van der Waals surface area contributed by atoms with Crippen molar-refractivity contribution < 1.29 is 4.74 Å². The van der Waals surface area contributed by atoms with Gasteiger partial charge in [0, 0.05) is 38.2 Å². The van der Waals surface area contributed by atoms with Gasteiger partial charge in [0.15, 0.2) is 0 Å². The average Bonchev–Trinajstić information content (AvgIpc) is 3.10. The molecule has 2 aliphatic heterocycles. The lowest BCUT2D eigenvalue weighted by Crippen LogP contribution is -2.50. The molecule has 3 heterocycles. The molecule has 2 aliphatic rings. The highest BCUT2D eigenvalue weighted by Gasteiger charge is 2.41. The third-order valence-corrected chi connectivity index (χ3v) is 5.74. The number of fused-ring (bicyclic) bond motifs is 1. The third kappa shape index (κ3) is 3.43. The van der Waals surface area contributed by atoms with Gasteiger partial charge < -0.3 is 9.64 Å². The molecule has 2 fully saturated rings. The number of aryl methyl sites for hydroxylation is 1. The number of ether oxygens (including phenoxy) is 1. The normalized spacial score (nSPS) is 23.3. The van der Waals surface area contributed by atoms with Crippen LogP contribution in [0.4, 0.5) is 5.82 Å². The Bertz CT molecular complexity index is 770. The molecule has 0 amide bonds. The number of rotatable bonds is 4. The van der Waals surface area contributed by atoms with Crippen LogP contribution >= 0.6 is 11.6 Å². The van der Waals surface area contributed by atoms with Crippen LogP contribution in [0.1, 0.15) is 23.9 Å². The predicted molar refractivity (Wildman–Crippen MR) is 104 cm³/mol. The maximum Gasteiger partial charge on any atom is 0.137 e. The van der Waals surface area contributed by atoms with Crippen molar-refractivity contribution in [3.63, 3.8) is 0 Å². The second kappa shape index (κ2) is 7.51. The molecule has 1 aromatic carbocycles. The Hall–Kier alpha value is -1.69. The van der Waals surface area contributed by atoms with E-state index in [9.17, 15) is 0 Å². The van der Waals surface area contributed by atoms with Crippen molar-refractivity contribution in [2.45, 2.75) is 39.0 Å². The number of hydrogen-bond acceptors (Lipinski definition) is 5. The van der Waals surface area contributed by atoms with Gasteiger partial charge in [0.25, 0.3) is 0 Å². The Morgan fingerprint density at radius 3 is 2.77 bits per heavy atom. The summed E-state index contributed by atoms with van der Waals surface area (Å²) in [5, 5.41) is 0.559. The van der Waals surface area contributed by atoms with E-state index in [2.05, 4.69) is 52.0 Å². The molecule has 0 bridgehead atoms. The molecule has 2 saturated heterocycles. The van der Waals surface area contributed by atoms with Gasteiger partial charge in [-0.1, -0.05) is 48.9 Å². The van der Waals surface area contributed by atoms with E-state index >= 15 is 0 Å². The first-order valence-corrected chi connectivity index (χ1v) is 9.71. The van der Waals surface area contributed by atoms with E-state index in [0.29, 0.717) is 11.2 Å². The quantitative estimate of drug-likeness (QED) is 0.771. The van der Waals surface area contributed by atoms with Gasteiger partial charge in [0.2, 0.25) is 0 Å². The Morgan fingerprint density at radius 1 is 1.19 bits per heavy atom. The monoisotopic (exact) mass is 372 g/mol. The highest BCUT2D eigenvalue weighted by Crippen LogP contribution is 2.31. The van der Waals surface area contributed by atoms with E-state index in [1.54, 1.807) is 0 Å². The summed E-state index contributed by atoms with van der Waals surface area (Å²) in [6.45, 7) is 8.53. The number of aromatic nitrogens is 2. The van der Waals surface area contributed by atoms with E-state index < -0.39 is 0 Å². The summed E-state index contributed by atoms with van der Waals surface area (Å²) in [5.41, 5.74) is 2.30. The molecule has 2 atom stereocenters. The molecule has 5 nitrogen and oxygen atoms in total. The molecule has 138 valence electrons. The SMILES string of the molecule is CCc1nc(Cl)c(C)c(N2CC3OCCN(Cc4ccccc4)C3C2)n1. The fraction of sp³-hybridized carbons (Fsp3) is 0.500. The second-order valence-electron chi connectivity index (χ2n) is 7.07. The van der Waals surface area contributed by atoms with Gasteiger partial charge in [-0.05, 0) is 12.5 Å². The summed E-state index contributed by atoms with van der Waals surface area (Å²) < 4.78 is 6.09. The van der Waals surface area contributed by atoms with Gasteiger partial charge in [0.1, 0.15) is 16.8 Å². The summed E-state index contributed by atoms with van der Waals surface area (Å²) in [5.74, 6) is 1.76. The van der Waals surface area contributed by atoms with Crippen molar-refractivity contribution in [2.75, 3.05) is 31.1 Å². The smallest absolute Gasteiger partial charge is 0.137 e. The molecule has 0 spiro atoms. The van der Waals surface area contributed by atoms with E-state index in [1.807, 2.05) is 6.92 Å². The highest BCUT2D eigenvalue weighted by atomic mass is 35.5. The molecule has 0 aliphatic carbocycles. The topological polar surface area (TPSA) is 41.5 Å². The van der Waals surface area contributed by atoms with E-state index in [4.69, 9.17) is 21.3 Å². The van der Waals surface area contributed by atoms with Crippen LogP contribution in [-0.4, -0.2) is 53.3 Å². The molecule has 0 saturated carbocycles. The van der Waals surface area contributed by atoms with Gasteiger partial charge in [-0.15, -0.1) is 0 Å². The molecular formula is C20H25ClN4O. The lowest BCUT2D eigenvalue weighted by atomic mass is 10.1. The van der Waals surface area contributed by atoms with Crippen molar-refractivity contribution in [1.82, 2.24) is 14.9 Å². The largest absolute Gasteiger partial charge is 0.373 e. The molecule has 2 unspecified atom stereocenters. The van der Waals surface area contributed by atoms with E-state index in [-0.39, 0.29) is 6.10 Å². The summed E-state index contributed by atoms with van der Waals surface area (Å²) in [6, 6.07) is 11.0. The van der Waals surface area contributed by atoms with Crippen LogP contribution in [0.15, 0.2) is 30.3 Å². The predicted octanol–water partition coefficient (Wildman–Crippen LogP) is 3.09. The fourth-order valence-electron chi connectivity index (χ4n) is 3.93. The molecule has 4 rings (SSSR count). The number of nitrogens with zero attached hydrogens (tertiary/aromatic N) is 4. The summed E-state index contributed by atoms with van der Waals surface area (Å²) in [7, 11) is 0. The average molecular weight is 373 g/mol. The van der Waals surface area contributed by atoms with Crippen LogP contribution in [0, 0.1) is 6.92 Å². The number of halogens is 1. The summed E-state index contributed by atoms with van der Waals surface area (Å²) in [6.07, 6.45) is 0.996. The summed E-state index contributed by atoms with van der Waals surface area (Å²) in [4.78, 5) is 14.0. The Balaban J connectivity index is 1.55. The third-order valence-electron chi connectivity index (χ3n) is 5.37. The standard InChI is InChI=1S/C20H25ClN4O/c1-3-18-22-19(21)14(2)20(23-18)25-12-16-17(13-25)26-10-9-24(16)11-15-7-5-4-6-8-15/h4-8,16-17H,3,9-13H2,1-2H3. The first-order chi connectivity index (χ1) is 12.7. The fourth-order valence-corrected chi connectivity index (χ4v) is 4.11. The minimum Gasteiger partial charge on any atom is -0.373 e. The van der Waals surface area contributed by atoms with Crippen LogP contribution in [0.2, 0.25) is 5.15 Å². The van der Waals surface area contributed by atoms with Crippen molar-refractivity contribution in [2.24, 2.45) is 0 Å². The highest BCUT2D eigenvalue weighted by molar-refractivity contribution is 6.30. The Kier molecular flexibility index (Phi) is 5.11. The molecule has 0 radical (unpaired) electrons. The number of hydrogen-bond donors (Lipinski definition) is 0. The van der Waals surface area contributed by atoms with Gasteiger partial charge in [-0.25, -0.2) is 9.97 Å². The first kappa shape index (κ1) is 17.7. The lowest BCUT2D eigenvalue weighted by Gasteiger charge is -2.36. The molecular weight excluding hydrogens is 348 g/mol. The zero-order valence-corrected chi connectivity index (χ0v) is 16.1. The molecule has 2 aromatic rings. The first-order valence-electron chi connectivity index (χ1n) is 9.33. The second-order valence-corrected chi connectivity index (χ2v) is 7.43. The maximum absolute atomic E-state index is 6.35. The molecule has 6 heteroatoms. The van der Waals surface area contributed by atoms with Crippen LogP contribution in [0.5, 0.6) is 0 Å². The molecule has 0 N–H and O–H groups in total. The Labute approximate surface area is 160 Å². The van der Waals surface area contributed by atoms with Gasteiger partial charge >= 0.3 is 0 Å². The van der Waals surface area contributed by atoms with Crippen molar-refractivity contribution in [3.05, 3.63) is 52.4 Å². The van der Waals surface area contributed by atoms with E-state index in [0.717, 1.165) is 56.4 Å². The van der Waals surface area contributed by atoms with E-state index in [1.165, 1.54) is 5.56 Å². The van der Waals surface area contributed by atoms with Crippen LogP contribution in [-0.2, 0) is 17.7 Å². The maximum atomic E-state index is 6.35. The van der Waals surface area contributed by atoms with Gasteiger partial charge in [0.05, 0.1) is 18.8 Å². The lowest BCUT2D eigenvalue weighted by molar-refractivity contribution is -0.0499.